The van der Waals surface area contributed by atoms with Gasteiger partial charge in [-0.05, 0) is 84.0 Å². The molecule has 0 bridgehead atoms. The maximum atomic E-state index is 11.9. The highest BCUT2D eigenvalue weighted by molar-refractivity contribution is 6.09. The molecule has 0 fully saturated rings. The summed E-state index contributed by atoms with van der Waals surface area (Å²) in [5.74, 6) is 1.76. The molecule has 0 unspecified atom stereocenters. The Morgan fingerprint density at radius 2 is 0.811 bits per heavy atom. The number of aromatic nitrogens is 3. The number of fused-ring (bicyclic) bond motifs is 6. The zero-order valence-electron chi connectivity index (χ0n) is 28.6. The van der Waals surface area contributed by atoms with Crippen LogP contribution in [-0.2, 0) is 0 Å². The standard InChI is InChI=1S/C49H31N3O/c53-45-30-39(36-25-26-42-37(27-36)23-21-31-11-7-9-17-40(31)42)29-44(46(45)34-13-3-1-4-14-34)49-51-47(35-15-5-2-6-16-35)50-48(52-49)38-24-22-33-20-19-32-12-8-10-18-41(32)43(33)28-38/h1-30,53H. The summed E-state index contributed by atoms with van der Waals surface area (Å²) in [4.78, 5) is 15.4. The first-order chi connectivity index (χ1) is 26.2. The van der Waals surface area contributed by atoms with Crippen molar-refractivity contribution in [1.82, 2.24) is 15.0 Å². The van der Waals surface area contributed by atoms with Crippen molar-refractivity contribution < 1.29 is 5.11 Å². The topological polar surface area (TPSA) is 58.9 Å². The highest BCUT2D eigenvalue weighted by atomic mass is 16.3. The van der Waals surface area contributed by atoms with Gasteiger partial charge in [0.2, 0.25) is 0 Å². The fourth-order valence-corrected chi connectivity index (χ4v) is 7.55. The van der Waals surface area contributed by atoms with Gasteiger partial charge in [0, 0.05) is 22.3 Å². The van der Waals surface area contributed by atoms with Crippen molar-refractivity contribution in [3.8, 4) is 62.2 Å². The summed E-state index contributed by atoms with van der Waals surface area (Å²) in [6, 6.07) is 62.3. The van der Waals surface area contributed by atoms with Crippen molar-refractivity contribution in [2.45, 2.75) is 0 Å². The van der Waals surface area contributed by atoms with Gasteiger partial charge in [0.1, 0.15) is 5.75 Å². The van der Waals surface area contributed by atoms with E-state index in [2.05, 4.69) is 115 Å². The van der Waals surface area contributed by atoms with E-state index >= 15 is 0 Å². The SMILES string of the molecule is Oc1cc(-c2ccc3c(ccc4ccccc43)c2)cc(-c2nc(-c3ccccc3)nc(-c3ccc4ccc5ccccc5c4c3)n2)c1-c1ccccc1. The van der Waals surface area contributed by atoms with Crippen LogP contribution in [-0.4, -0.2) is 20.1 Å². The molecule has 0 saturated heterocycles. The Morgan fingerprint density at radius 1 is 0.302 bits per heavy atom. The lowest BCUT2D eigenvalue weighted by molar-refractivity contribution is 0.477. The van der Waals surface area contributed by atoms with Crippen LogP contribution in [0.3, 0.4) is 0 Å². The third-order valence-electron chi connectivity index (χ3n) is 10.2. The number of phenols is 1. The zero-order chi connectivity index (χ0) is 35.3. The van der Waals surface area contributed by atoms with E-state index in [4.69, 9.17) is 15.0 Å². The molecule has 4 nitrogen and oxygen atoms in total. The fourth-order valence-electron chi connectivity index (χ4n) is 7.55. The van der Waals surface area contributed by atoms with Crippen LogP contribution in [0.25, 0.3) is 99.5 Å². The van der Waals surface area contributed by atoms with E-state index in [0.717, 1.165) is 49.5 Å². The molecule has 10 rings (SSSR count). The van der Waals surface area contributed by atoms with Crippen LogP contribution < -0.4 is 0 Å². The smallest absolute Gasteiger partial charge is 0.164 e. The van der Waals surface area contributed by atoms with E-state index in [1.807, 2.05) is 66.7 Å². The summed E-state index contributed by atoms with van der Waals surface area (Å²) in [6.07, 6.45) is 0. The van der Waals surface area contributed by atoms with Gasteiger partial charge < -0.3 is 5.11 Å². The van der Waals surface area contributed by atoms with Gasteiger partial charge in [-0.3, -0.25) is 0 Å². The highest BCUT2D eigenvalue weighted by Gasteiger charge is 2.20. The van der Waals surface area contributed by atoms with E-state index in [-0.39, 0.29) is 5.75 Å². The number of hydrogen-bond donors (Lipinski definition) is 1. The van der Waals surface area contributed by atoms with Crippen LogP contribution >= 0.6 is 0 Å². The molecule has 0 aliphatic heterocycles. The van der Waals surface area contributed by atoms with Gasteiger partial charge in [0.05, 0.1) is 0 Å². The molecular weight excluding hydrogens is 647 g/mol. The minimum absolute atomic E-state index is 0.155. The normalized spacial score (nSPS) is 11.5. The molecule has 1 aromatic heterocycles. The Bertz CT molecular complexity index is 3010. The molecule has 0 aliphatic rings. The second-order valence-corrected chi connectivity index (χ2v) is 13.4. The highest BCUT2D eigenvalue weighted by Crippen LogP contribution is 2.43. The van der Waals surface area contributed by atoms with Crippen molar-refractivity contribution >= 4 is 43.1 Å². The Labute approximate surface area is 306 Å². The van der Waals surface area contributed by atoms with Gasteiger partial charge in [-0.15, -0.1) is 0 Å². The number of phenolic OH excluding ortho intramolecular Hbond substituents is 1. The summed E-state index contributed by atoms with van der Waals surface area (Å²) >= 11 is 0. The second-order valence-electron chi connectivity index (χ2n) is 13.4. The molecule has 0 amide bonds. The lowest BCUT2D eigenvalue weighted by Gasteiger charge is -2.16. The Kier molecular flexibility index (Phi) is 7.26. The Hall–Kier alpha value is -7.17. The summed E-state index contributed by atoms with van der Waals surface area (Å²) in [5.41, 5.74) is 5.89. The van der Waals surface area contributed by atoms with E-state index in [9.17, 15) is 5.11 Å². The Balaban J connectivity index is 1.21. The van der Waals surface area contributed by atoms with E-state index in [1.165, 1.54) is 26.9 Å². The zero-order valence-corrected chi connectivity index (χ0v) is 28.6. The van der Waals surface area contributed by atoms with E-state index < -0.39 is 0 Å². The maximum absolute atomic E-state index is 11.9. The average Bonchev–Trinajstić information content (AvgIpc) is 3.23. The van der Waals surface area contributed by atoms with Crippen molar-refractivity contribution in [1.29, 1.82) is 0 Å². The van der Waals surface area contributed by atoms with Crippen molar-refractivity contribution in [2.75, 3.05) is 0 Å². The van der Waals surface area contributed by atoms with Crippen LogP contribution in [0.5, 0.6) is 5.75 Å². The monoisotopic (exact) mass is 677 g/mol. The van der Waals surface area contributed by atoms with Gasteiger partial charge in [0.25, 0.3) is 0 Å². The molecule has 1 heterocycles. The first-order valence-corrected chi connectivity index (χ1v) is 17.7. The summed E-state index contributed by atoms with van der Waals surface area (Å²) in [5, 5.41) is 21.3. The van der Waals surface area contributed by atoms with Crippen LogP contribution in [0.15, 0.2) is 182 Å². The first-order valence-electron chi connectivity index (χ1n) is 17.7. The minimum Gasteiger partial charge on any atom is -0.507 e. The van der Waals surface area contributed by atoms with Crippen LogP contribution in [0, 0.1) is 0 Å². The summed E-state index contributed by atoms with van der Waals surface area (Å²) < 4.78 is 0. The van der Waals surface area contributed by atoms with Gasteiger partial charge in [-0.2, -0.15) is 0 Å². The molecule has 10 aromatic rings. The van der Waals surface area contributed by atoms with E-state index in [0.29, 0.717) is 23.0 Å². The predicted octanol–water partition coefficient (Wildman–Crippen LogP) is 12.5. The molecule has 0 atom stereocenters. The first kappa shape index (κ1) is 30.6. The summed E-state index contributed by atoms with van der Waals surface area (Å²) in [6.45, 7) is 0. The number of aromatic hydroxyl groups is 1. The van der Waals surface area contributed by atoms with Gasteiger partial charge >= 0.3 is 0 Å². The molecule has 0 spiro atoms. The van der Waals surface area contributed by atoms with Gasteiger partial charge in [0.15, 0.2) is 17.5 Å². The molecule has 1 N–H and O–H groups in total. The second kappa shape index (κ2) is 12.6. The molecule has 9 aromatic carbocycles. The largest absolute Gasteiger partial charge is 0.507 e. The van der Waals surface area contributed by atoms with Crippen LogP contribution in [0.2, 0.25) is 0 Å². The number of hydrogen-bond acceptors (Lipinski definition) is 4. The number of nitrogens with zero attached hydrogens (tertiary/aromatic N) is 3. The molecule has 4 heteroatoms. The lowest BCUT2D eigenvalue weighted by Crippen LogP contribution is -2.01. The fraction of sp³-hybridized carbons (Fsp3) is 0. The van der Waals surface area contributed by atoms with Crippen molar-refractivity contribution in [3.63, 3.8) is 0 Å². The number of benzene rings is 9. The van der Waals surface area contributed by atoms with Gasteiger partial charge in [-0.25, -0.2) is 15.0 Å². The van der Waals surface area contributed by atoms with E-state index in [1.54, 1.807) is 0 Å². The predicted molar refractivity (Wildman–Crippen MR) is 219 cm³/mol. The minimum atomic E-state index is 0.155. The third kappa shape index (κ3) is 5.45. The van der Waals surface area contributed by atoms with Crippen LogP contribution in [0.1, 0.15) is 0 Å². The molecule has 53 heavy (non-hydrogen) atoms. The molecule has 0 aliphatic carbocycles. The average molecular weight is 678 g/mol. The summed E-state index contributed by atoms with van der Waals surface area (Å²) in [7, 11) is 0. The molecular formula is C49H31N3O. The molecule has 0 saturated carbocycles. The molecule has 248 valence electrons. The van der Waals surface area contributed by atoms with Crippen molar-refractivity contribution in [2.24, 2.45) is 0 Å². The Morgan fingerprint density at radius 3 is 1.53 bits per heavy atom. The molecule has 0 radical (unpaired) electrons. The third-order valence-corrected chi connectivity index (χ3v) is 10.2. The van der Waals surface area contributed by atoms with Crippen LogP contribution in [0.4, 0.5) is 0 Å². The van der Waals surface area contributed by atoms with Crippen molar-refractivity contribution in [3.05, 3.63) is 182 Å². The number of rotatable bonds is 5. The quantitative estimate of drug-likeness (QED) is 0.184. The lowest BCUT2D eigenvalue weighted by atomic mass is 9.92. The van der Waals surface area contributed by atoms with Gasteiger partial charge in [-0.1, -0.05) is 158 Å². The maximum Gasteiger partial charge on any atom is 0.164 e.